The molecule has 1 aromatic heterocycles. The van der Waals surface area contributed by atoms with Crippen molar-refractivity contribution in [2.75, 3.05) is 31.1 Å². The number of carbonyl (C=O) groups excluding carboxylic acids is 1. The van der Waals surface area contributed by atoms with E-state index in [9.17, 15) is 14.3 Å². The van der Waals surface area contributed by atoms with Crippen LogP contribution in [-0.4, -0.2) is 58.8 Å². The Labute approximate surface area is 234 Å². The van der Waals surface area contributed by atoms with Crippen LogP contribution in [0.5, 0.6) is 0 Å². The molecule has 0 radical (unpaired) electrons. The van der Waals surface area contributed by atoms with Gasteiger partial charge in [-0.2, -0.15) is 0 Å². The average molecular weight is 554 g/mol. The van der Waals surface area contributed by atoms with Gasteiger partial charge >= 0.3 is 0 Å². The Morgan fingerprint density at radius 2 is 1.90 bits per heavy atom. The fraction of sp³-hybridized carbons (Fsp3) is 0.484. The summed E-state index contributed by atoms with van der Waals surface area (Å²) in [6, 6.07) is 14.3. The van der Waals surface area contributed by atoms with E-state index in [0.717, 1.165) is 27.8 Å². The molecule has 2 aliphatic rings. The van der Waals surface area contributed by atoms with E-state index in [4.69, 9.17) is 21.3 Å². The Morgan fingerprint density at radius 3 is 2.62 bits per heavy atom. The van der Waals surface area contributed by atoms with Crippen LogP contribution in [0, 0.1) is 11.7 Å². The van der Waals surface area contributed by atoms with Crippen LogP contribution in [0.3, 0.4) is 0 Å². The normalized spacial score (nSPS) is 19.8. The minimum absolute atomic E-state index is 0.115. The summed E-state index contributed by atoms with van der Waals surface area (Å²) in [5, 5.41) is 11.7. The maximum Gasteiger partial charge on any atom is 0.226 e. The molecule has 2 aliphatic heterocycles. The van der Waals surface area contributed by atoms with Crippen molar-refractivity contribution in [1.82, 2.24) is 9.88 Å². The molecule has 0 saturated carbocycles. The van der Waals surface area contributed by atoms with Gasteiger partial charge in [-0.1, -0.05) is 29.8 Å². The van der Waals surface area contributed by atoms with Crippen LogP contribution in [0.25, 0.3) is 10.9 Å². The van der Waals surface area contributed by atoms with Crippen molar-refractivity contribution in [3.05, 3.63) is 70.5 Å². The number of ether oxygens (including phenoxy) is 1. The Kier molecular flexibility index (Phi) is 8.40. The van der Waals surface area contributed by atoms with E-state index in [0.29, 0.717) is 69.9 Å². The molecular formula is C31H37ClFN3O3. The standard InChI is InChI=1S/C31H37ClFN3O3/c1-31(2)19-23(12-16-39-31)30(38)36(13-9-21-3-7-26(33)8-4-21)20-24-17-22-5-6-25(32)18-28(22)34-29(24)35-14-10-27(37)11-15-35/h3-8,17-18,23,27,37H,9-16,19-20H2,1-2H3. The second kappa shape index (κ2) is 11.8. The van der Waals surface area contributed by atoms with Crippen molar-refractivity contribution in [3.8, 4) is 0 Å². The summed E-state index contributed by atoms with van der Waals surface area (Å²) < 4.78 is 19.4. The highest BCUT2D eigenvalue weighted by atomic mass is 35.5. The zero-order valence-electron chi connectivity index (χ0n) is 22.7. The van der Waals surface area contributed by atoms with Gasteiger partial charge in [0.15, 0.2) is 0 Å². The van der Waals surface area contributed by atoms with Gasteiger partial charge in [-0.25, -0.2) is 9.37 Å². The van der Waals surface area contributed by atoms with E-state index in [1.165, 1.54) is 12.1 Å². The zero-order valence-corrected chi connectivity index (χ0v) is 23.5. The van der Waals surface area contributed by atoms with Crippen molar-refractivity contribution in [2.24, 2.45) is 5.92 Å². The first kappa shape index (κ1) is 27.8. The summed E-state index contributed by atoms with van der Waals surface area (Å²) in [4.78, 5) is 23.2. The summed E-state index contributed by atoms with van der Waals surface area (Å²) in [5.74, 6) is 0.561. The third kappa shape index (κ3) is 6.89. The van der Waals surface area contributed by atoms with Gasteiger partial charge in [-0.05, 0) is 81.8 Å². The largest absolute Gasteiger partial charge is 0.393 e. The molecule has 2 fully saturated rings. The van der Waals surface area contributed by atoms with E-state index in [1.54, 1.807) is 12.1 Å². The van der Waals surface area contributed by atoms with Crippen LogP contribution in [0.2, 0.25) is 5.02 Å². The number of rotatable bonds is 7. The molecule has 8 heteroatoms. The topological polar surface area (TPSA) is 65.9 Å². The molecule has 0 aliphatic carbocycles. The number of anilines is 1. The highest BCUT2D eigenvalue weighted by Crippen LogP contribution is 2.32. The minimum atomic E-state index is -0.342. The highest BCUT2D eigenvalue weighted by Gasteiger charge is 2.35. The summed E-state index contributed by atoms with van der Waals surface area (Å²) >= 11 is 6.29. The van der Waals surface area contributed by atoms with Crippen LogP contribution >= 0.6 is 11.6 Å². The van der Waals surface area contributed by atoms with E-state index >= 15 is 0 Å². The molecule has 3 aromatic rings. The van der Waals surface area contributed by atoms with E-state index < -0.39 is 0 Å². The SMILES string of the molecule is CC1(C)CC(C(=O)N(CCc2ccc(F)cc2)Cc2cc3ccc(Cl)cc3nc2N2CCC(O)CC2)CCO1. The smallest absolute Gasteiger partial charge is 0.226 e. The number of aromatic nitrogens is 1. The number of fused-ring (bicyclic) bond motifs is 1. The Bertz CT molecular complexity index is 1310. The number of benzene rings is 2. The van der Waals surface area contributed by atoms with Crippen LogP contribution in [0.4, 0.5) is 10.2 Å². The van der Waals surface area contributed by atoms with Crippen molar-refractivity contribution in [3.63, 3.8) is 0 Å². The van der Waals surface area contributed by atoms with Gasteiger partial charge in [-0.3, -0.25) is 4.79 Å². The lowest BCUT2D eigenvalue weighted by molar-refractivity contribution is -0.146. The van der Waals surface area contributed by atoms with Gasteiger partial charge in [0.1, 0.15) is 11.6 Å². The van der Waals surface area contributed by atoms with Crippen LogP contribution in [0.1, 0.15) is 50.7 Å². The number of pyridine rings is 1. The quantitative estimate of drug-likeness (QED) is 0.403. The van der Waals surface area contributed by atoms with Gasteiger partial charge in [0.05, 0.1) is 17.2 Å². The number of hydrogen-bond acceptors (Lipinski definition) is 5. The second-order valence-corrected chi connectivity index (χ2v) is 11.9. The molecule has 1 atom stereocenters. The third-order valence-corrected chi connectivity index (χ3v) is 8.14. The highest BCUT2D eigenvalue weighted by molar-refractivity contribution is 6.31. The number of amides is 1. The first-order valence-electron chi connectivity index (χ1n) is 13.9. The third-order valence-electron chi connectivity index (χ3n) is 7.90. The first-order chi connectivity index (χ1) is 18.7. The van der Waals surface area contributed by atoms with Crippen LogP contribution in [0.15, 0.2) is 48.5 Å². The Morgan fingerprint density at radius 1 is 1.15 bits per heavy atom. The number of halogens is 2. The molecule has 2 aromatic carbocycles. The lowest BCUT2D eigenvalue weighted by Gasteiger charge is -2.38. The fourth-order valence-corrected chi connectivity index (χ4v) is 5.90. The summed E-state index contributed by atoms with van der Waals surface area (Å²) in [7, 11) is 0. The van der Waals surface area contributed by atoms with Gasteiger partial charge in [0, 0.05) is 54.7 Å². The predicted molar refractivity (Wildman–Crippen MR) is 152 cm³/mol. The second-order valence-electron chi connectivity index (χ2n) is 11.5. The first-order valence-corrected chi connectivity index (χ1v) is 14.2. The number of carbonyl (C=O) groups is 1. The monoisotopic (exact) mass is 553 g/mol. The fourth-order valence-electron chi connectivity index (χ4n) is 5.73. The summed E-state index contributed by atoms with van der Waals surface area (Å²) in [6.07, 6.45) is 3.05. The van der Waals surface area contributed by atoms with Crippen molar-refractivity contribution < 1.29 is 19.0 Å². The molecule has 1 N–H and O–H groups in total. The molecule has 3 heterocycles. The lowest BCUT2D eigenvalue weighted by Crippen LogP contribution is -2.44. The molecule has 1 amide bonds. The van der Waals surface area contributed by atoms with Crippen molar-refractivity contribution in [1.29, 1.82) is 0 Å². The summed E-state index contributed by atoms with van der Waals surface area (Å²) in [5.41, 5.74) is 2.42. The molecule has 39 heavy (non-hydrogen) atoms. The Balaban J connectivity index is 1.48. The molecule has 6 nitrogen and oxygen atoms in total. The van der Waals surface area contributed by atoms with E-state index in [-0.39, 0.29) is 29.3 Å². The number of nitrogens with zero attached hydrogens (tertiary/aromatic N) is 3. The van der Waals surface area contributed by atoms with Crippen molar-refractivity contribution >= 4 is 34.2 Å². The predicted octanol–water partition coefficient (Wildman–Crippen LogP) is 5.76. The van der Waals surface area contributed by atoms with Gasteiger partial charge in [-0.15, -0.1) is 0 Å². The van der Waals surface area contributed by atoms with Crippen LogP contribution < -0.4 is 4.90 Å². The Hall–Kier alpha value is -2.74. The van der Waals surface area contributed by atoms with Gasteiger partial charge in [0.2, 0.25) is 5.91 Å². The molecule has 5 rings (SSSR count). The van der Waals surface area contributed by atoms with Gasteiger partial charge < -0.3 is 19.6 Å². The average Bonchev–Trinajstić information content (AvgIpc) is 2.91. The number of aliphatic hydroxyl groups excluding tert-OH is 1. The molecule has 2 saturated heterocycles. The maximum absolute atomic E-state index is 14.0. The van der Waals surface area contributed by atoms with Gasteiger partial charge in [0.25, 0.3) is 0 Å². The van der Waals surface area contributed by atoms with Crippen molar-refractivity contribution in [2.45, 2.75) is 64.2 Å². The number of piperidine rings is 1. The van der Waals surface area contributed by atoms with Crippen LogP contribution in [-0.2, 0) is 22.5 Å². The number of aliphatic hydroxyl groups is 1. The molecule has 208 valence electrons. The summed E-state index contributed by atoms with van der Waals surface area (Å²) in [6.45, 7) is 6.97. The molecule has 1 unspecified atom stereocenters. The molecule has 0 bridgehead atoms. The maximum atomic E-state index is 14.0. The van der Waals surface area contributed by atoms with E-state index in [2.05, 4.69) is 11.0 Å². The molecular weight excluding hydrogens is 517 g/mol. The number of hydrogen-bond donors (Lipinski definition) is 1. The zero-order chi connectivity index (χ0) is 27.6. The lowest BCUT2D eigenvalue weighted by atomic mass is 9.87. The van der Waals surface area contributed by atoms with E-state index in [1.807, 2.05) is 36.9 Å². The minimum Gasteiger partial charge on any atom is -0.393 e. The molecule has 0 spiro atoms.